The van der Waals surface area contributed by atoms with Crippen LogP contribution in [0.15, 0.2) is 36.4 Å². The lowest BCUT2D eigenvalue weighted by atomic mass is 10.1. The number of benzene rings is 2. The fraction of sp³-hybridized carbons (Fsp3) is 0.300. The molecule has 0 aliphatic carbocycles. The highest BCUT2D eigenvalue weighted by Crippen LogP contribution is 2.30. The van der Waals surface area contributed by atoms with Crippen LogP contribution in [-0.4, -0.2) is 30.0 Å². The first kappa shape index (κ1) is 20.9. The first-order valence-electron chi connectivity index (χ1n) is 8.67. The molecule has 0 heterocycles. The highest BCUT2D eigenvalue weighted by Gasteiger charge is 2.20. The molecule has 8 heteroatoms. The van der Waals surface area contributed by atoms with Crippen molar-refractivity contribution < 1.29 is 24.0 Å². The van der Waals surface area contributed by atoms with Crippen molar-refractivity contribution in [2.24, 2.45) is 0 Å². The van der Waals surface area contributed by atoms with Crippen LogP contribution < -0.4 is 10.1 Å². The molecular formula is C20H22N2O6. The largest absolute Gasteiger partial charge is 0.493 e. The average molecular weight is 386 g/mol. The summed E-state index contributed by atoms with van der Waals surface area (Å²) in [5.74, 6) is -0.610. The van der Waals surface area contributed by atoms with Gasteiger partial charge in [0.1, 0.15) is 11.4 Å². The van der Waals surface area contributed by atoms with Crippen molar-refractivity contribution in [2.45, 2.75) is 27.2 Å². The first-order valence-corrected chi connectivity index (χ1v) is 8.67. The van der Waals surface area contributed by atoms with Gasteiger partial charge in [-0.25, -0.2) is 0 Å². The number of nitro groups is 1. The molecule has 0 unspecified atom stereocenters. The van der Waals surface area contributed by atoms with Gasteiger partial charge in [-0.15, -0.1) is 0 Å². The molecule has 28 heavy (non-hydrogen) atoms. The van der Waals surface area contributed by atoms with Gasteiger partial charge in [-0.2, -0.15) is 0 Å². The van der Waals surface area contributed by atoms with Crippen molar-refractivity contribution in [1.29, 1.82) is 0 Å². The Morgan fingerprint density at radius 2 is 1.75 bits per heavy atom. The Hall–Kier alpha value is -3.42. The number of aryl methyl sites for hydroxylation is 2. The molecule has 0 fully saturated rings. The lowest BCUT2D eigenvalue weighted by Gasteiger charge is -2.11. The highest BCUT2D eigenvalue weighted by atomic mass is 16.6. The summed E-state index contributed by atoms with van der Waals surface area (Å²) in [6, 6.07) is 10.3. The van der Waals surface area contributed by atoms with E-state index in [-0.39, 0.29) is 24.4 Å². The third-order valence-electron chi connectivity index (χ3n) is 4.14. The Balaban J connectivity index is 1.82. The second-order valence-corrected chi connectivity index (χ2v) is 6.28. The summed E-state index contributed by atoms with van der Waals surface area (Å²) in [6.07, 6.45) is -0.0230. The van der Waals surface area contributed by atoms with Gasteiger partial charge in [0.05, 0.1) is 18.0 Å². The number of nitro benzene ring substituents is 1. The molecule has 2 aromatic carbocycles. The van der Waals surface area contributed by atoms with Gasteiger partial charge in [-0.05, 0) is 44.0 Å². The summed E-state index contributed by atoms with van der Waals surface area (Å²) < 4.78 is 10.3. The zero-order chi connectivity index (χ0) is 20.7. The van der Waals surface area contributed by atoms with E-state index < -0.39 is 23.4 Å². The van der Waals surface area contributed by atoms with E-state index in [2.05, 4.69) is 5.32 Å². The quantitative estimate of drug-likeness (QED) is 0.423. The van der Waals surface area contributed by atoms with E-state index >= 15 is 0 Å². The Bertz CT molecular complexity index is 877. The number of nitrogens with zero attached hydrogens (tertiary/aromatic N) is 1. The minimum Gasteiger partial charge on any atom is -0.493 e. The summed E-state index contributed by atoms with van der Waals surface area (Å²) in [5, 5.41) is 13.6. The smallest absolute Gasteiger partial charge is 0.309 e. The normalized spacial score (nSPS) is 10.2. The SMILES string of the molecule is Cc1ccc(OCCC(=O)OCC(=O)Nc2c([N+](=O)[O-])ccc(C)c2C)cc1. The van der Waals surface area contributed by atoms with Gasteiger partial charge in [-0.1, -0.05) is 23.8 Å². The van der Waals surface area contributed by atoms with Crippen LogP contribution in [0.4, 0.5) is 11.4 Å². The third-order valence-corrected chi connectivity index (χ3v) is 4.14. The number of esters is 1. The molecule has 2 aromatic rings. The first-order chi connectivity index (χ1) is 13.3. The molecule has 0 saturated carbocycles. The van der Waals surface area contributed by atoms with Crippen LogP contribution >= 0.6 is 0 Å². The van der Waals surface area contributed by atoms with E-state index in [9.17, 15) is 19.7 Å². The number of hydrogen-bond donors (Lipinski definition) is 1. The van der Waals surface area contributed by atoms with E-state index in [0.29, 0.717) is 11.3 Å². The zero-order valence-electron chi connectivity index (χ0n) is 16.0. The van der Waals surface area contributed by atoms with E-state index in [4.69, 9.17) is 9.47 Å². The average Bonchev–Trinajstić information content (AvgIpc) is 2.65. The molecule has 0 aromatic heterocycles. The number of ether oxygens (including phenoxy) is 2. The summed E-state index contributed by atoms with van der Waals surface area (Å²) >= 11 is 0. The molecule has 0 saturated heterocycles. The van der Waals surface area contributed by atoms with Gasteiger partial charge in [0.2, 0.25) is 0 Å². The number of anilines is 1. The maximum atomic E-state index is 12.0. The maximum Gasteiger partial charge on any atom is 0.309 e. The van der Waals surface area contributed by atoms with E-state index in [0.717, 1.165) is 11.1 Å². The van der Waals surface area contributed by atoms with Crippen LogP contribution in [-0.2, 0) is 14.3 Å². The van der Waals surface area contributed by atoms with Crippen molar-refractivity contribution >= 4 is 23.3 Å². The molecule has 0 aliphatic heterocycles. The Kier molecular flexibility index (Phi) is 7.08. The third kappa shape index (κ3) is 5.80. The van der Waals surface area contributed by atoms with E-state index in [1.807, 2.05) is 19.1 Å². The number of nitrogens with one attached hydrogen (secondary N) is 1. The molecule has 8 nitrogen and oxygen atoms in total. The number of rotatable bonds is 8. The Labute approximate surface area is 162 Å². The minimum atomic E-state index is -0.649. The van der Waals surface area contributed by atoms with Gasteiger partial charge in [-0.3, -0.25) is 19.7 Å². The van der Waals surface area contributed by atoms with Crippen molar-refractivity contribution in [3.05, 3.63) is 63.2 Å². The van der Waals surface area contributed by atoms with Crippen molar-refractivity contribution in [2.75, 3.05) is 18.5 Å². The standard InChI is InChI=1S/C20H22N2O6/c1-13-4-7-16(8-5-13)27-11-10-19(24)28-12-18(23)21-20-15(3)14(2)6-9-17(20)22(25)26/h4-9H,10-12H2,1-3H3,(H,21,23). The predicted octanol–water partition coefficient (Wildman–Crippen LogP) is 3.47. The van der Waals surface area contributed by atoms with Gasteiger partial charge in [0.25, 0.3) is 11.6 Å². The zero-order valence-corrected chi connectivity index (χ0v) is 16.0. The topological polar surface area (TPSA) is 108 Å². The Morgan fingerprint density at radius 1 is 1.07 bits per heavy atom. The summed E-state index contributed by atoms with van der Waals surface area (Å²) in [5.41, 5.74) is 2.37. The fourth-order valence-corrected chi connectivity index (χ4v) is 2.39. The summed E-state index contributed by atoms with van der Waals surface area (Å²) in [7, 11) is 0. The number of carbonyl (C=O) groups is 2. The van der Waals surface area contributed by atoms with E-state index in [1.54, 1.807) is 32.0 Å². The number of hydrogen-bond acceptors (Lipinski definition) is 6. The second kappa shape index (κ2) is 9.50. The molecule has 0 spiro atoms. The van der Waals surface area contributed by atoms with Crippen LogP contribution in [0.25, 0.3) is 0 Å². The monoisotopic (exact) mass is 386 g/mol. The number of carbonyl (C=O) groups excluding carboxylic acids is 2. The van der Waals surface area contributed by atoms with Gasteiger partial charge in [0.15, 0.2) is 6.61 Å². The van der Waals surface area contributed by atoms with Crippen LogP contribution in [0.5, 0.6) is 5.75 Å². The van der Waals surface area contributed by atoms with E-state index in [1.165, 1.54) is 6.07 Å². The van der Waals surface area contributed by atoms with Gasteiger partial charge in [0, 0.05) is 6.07 Å². The lowest BCUT2D eigenvalue weighted by Crippen LogP contribution is -2.22. The predicted molar refractivity (Wildman–Crippen MR) is 103 cm³/mol. The minimum absolute atomic E-state index is 0.0230. The Morgan fingerprint density at radius 3 is 2.39 bits per heavy atom. The van der Waals surface area contributed by atoms with Gasteiger partial charge >= 0.3 is 5.97 Å². The van der Waals surface area contributed by atoms with Crippen LogP contribution in [0, 0.1) is 30.9 Å². The number of amides is 1. The van der Waals surface area contributed by atoms with Crippen LogP contribution in [0.2, 0.25) is 0 Å². The molecule has 148 valence electrons. The maximum absolute atomic E-state index is 12.0. The molecule has 1 N–H and O–H groups in total. The molecule has 0 radical (unpaired) electrons. The molecule has 1 amide bonds. The lowest BCUT2D eigenvalue weighted by molar-refractivity contribution is -0.384. The summed E-state index contributed by atoms with van der Waals surface area (Å²) in [4.78, 5) is 34.4. The summed E-state index contributed by atoms with van der Waals surface area (Å²) in [6.45, 7) is 4.99. The van der Waals surface area contributed by atoms with Crippen LogP contribution in [0.1, 0.15) is 23.1 Å². The van der Waals surface area contributed by atoms with Crippen molar-refractivity contribution in [3.63, 3.8) is 0 Å². The second-order valence-electron chi connectivity index (χ2n) is 6.28. The molecule has 2 rings (SSSR count). The molecule has 0 bridgehead atoms. The van der Waals surface area contributed by atoms with Crippen molar-refractivity contribution in [3.8, 4) is 5.75 Å². The van der Waals surface area contributed by atoms with Crippen molar-refractivity contribution in [1.82, 2.24) is 0 Å². The highest BCUT2D eigenvalue weighted by molar-refractivity contribution is 5.96. The molecule has 0 atom stereocenters. The molecular weight excluding hydrogens is 364 g/mol. The molecule has 0 aliphatic rings. The van der Waals surface area contributed by atoms with Gasteiger partial charge < -0.3 is 14.8 Å². The van der Waals surface area contributed by atoms with Crippen LogP contribution in [0.3, 0.4) is 0 Å². The fourth-order valence-electron chi connectivity index (χ4n) is 2.39.